The van der Waals surface area contributed by atoms with Gasteiger partial charge >= 0.3 is 5.97 Å². The highest BCUT2D eigenvalue weighted by molar-refractivity contribution is 7.98. The lowest BCUT2D eigenvalue weighted by atomic mass is 10.1. The Morgan fingerprint density at radius 3 is 2.65 bits per heavy atom. The van der Waals surface area contributed by atoms with E-state index in [4.69, 9.17) is 5.11 Å². The number of thioether (sulfide) groups is 1. The first-order valence-corrected chi connectivity index (χ1v) is 7.31. The molecule has 3 heteroatoms. The summed E-state index contributed by atoms with van der Waals surface area (Å²) in [7, 11) is 0. The molecular formula is C17H16O2S. The molecule has 2 aromatic carbocycles. The van der Waals surface area contributed by atoms with Crippen LogP contribution in [0, 0.1) is 6.92 Å². The van der Waals surface area contributed by atoms with Crippen LogP contribution in [0.2, 0.25) is 0 Å². The van der Waals surface area contributed by atoms with E-state index < -0.39 is 5.97 Å². The Balaban J connectivity index is 2.01. The second-order valence-corrected chi connectivity index (χ2v) is 5.57. The van der Waals surface area contributed by atoms with Crippen LogP contribution in [0.3, 0.4) is 0 Å². The molecule has 2 rings (SSSR count). The van der Waals surface area contributed by atoms with Gasteiger partial charge in [0.15, 0.2) is 0 Å². The van der Waals surface area contributed by atoms with Crippen molar-refractivity contribution in [3.05, 3.63) is 71.3 Å². The summed E-state index contributed by atoms with van der Waals surface area (Å²) >= 11 is 1.77. The third-order valence-electron chi connectivity index (χ3n) is 2.80. The van der Waals surface area contributed by atoms with Gasteiger partial charge in [0.2, 0.25) is 0 Å². The predicted molar refractivity (Wildman–Crippen MR) is 83.9 cm³/mol. The van der Waals surface area contributed by atoms with Crippen molar-refractivity contribution in [1.82, 2.24) is 0 Å². The fourth-order valence-corrected chi connectivity index (χ4v) is 2.60. The lowest BCUT2D eigenvalue weighted by Crippen LogP contribution is -1.86. The Bertz CT molecular complexity index is 615. The van der Waals surface area contributed by atoms with Crippen LogP contribution in [0.4, 0.5) is 0 Å². The Hall–Kier alpha value is -2.00. The standard InChI is InChI=1S/C17H16O2S/c1-13-5-8-16(9-6-13)20-12-15-4-2-3-14(11-15)7-10-17(18)19/h2-11H,12H2,1H3,(H,18,19). The highest BCUT2D eigenvalue weighted by Gasteiger charge is 1.98. The second kappa shape index (κ2) is 6.96. The predicted octanol–water partition coefficient (Wildman–Crippen LogP) is 4.39. The molecule has 0 saturated carbocycles. The van der Waals surface area contributed by atoms with Crippen LogP contribution in [0.5, 0.6) is 0 Å². The molecule has 0 radical (unpaired) electrons. The molecule has 0 aliphatic carbocycles. The van der Waals surface area contributed by atoms with Gasteiger partial charge in [-0.15, -0.1) is 11.8 Å². The van der Waals surface area contributed by atoms with Crippen LogP contribution in [-0.4, -0.2) is 11.1 Å². The molecule has 0 aromatic heterocycles. The van der Waals surface area contributed by atoms with Gasteiger partial charge < -0.3 is 5.11 Å². The van der Waals surface area contributed by atoms with E-state index in [2.05, 4.69) is 37.3 Å². The molecule has 0 saturated heterocycles. The van der Waals surface area contributed by atoms with E-state index >= 15 is 0 Å². The summed E-state index contributed by atoms with van der Waals surface area (Å²) in [6.45, 7) is 2.08. The van der Waals surface area contributed by atoms with Gasteiger partial charge in [0.25, 0.3) is 0 Å². The minimum absolute atomic E-state index is 0.873. The Labute approximate surface area is 123 Å². The van der Waals surface area contributed by atoms with Crippen molar-refractivity contribution in [3.63, 3.8) is 0 Å². The summed E-state index contributed by atoms with van der Waals surface area (Å²) in [6, 6.07) is 16.4. The highest BCUT2D eigenvalue weighted by atomic mass is 32.2. The molecule has 0 spiro atoms. The maximum Gasteiger partial charge on any atom is 0.328 e. The molecule has 0 aliphatic heterocycles. The number of carbonyl (C=O) groups is 1. The molecule has 0 aliphatic rings. The van der Waals surface area contributed by atoms with Crippen molar-refractivity contribution in [1.29, 1.82) is 0 Å². The first kappa shape index (κ1) is 14.4. The average Bonchev–Trinajstić information content (AvgIpc) is 2.45. The molecule has 102 valence electrons. The third-order valence-corrected chi connectivity index (χ3v) is 3.88. The summed E-state index contributed by atoms with van der Waals surface area (Å²) in [5.41, 5.74) is 3.35. The summed E-state index contributed by atoms with van der Waals surface area (Å²) in [5, 5.41) is 8.63. The van der Waals surface area contributed by atoms with Gasteiger partial charge in [-0.25, -0.2) is 4.79 Å². The van der Waals surface area contributed by atoms with Crippen LogP contribution in [-0.2, 0) is 10.5 Å². The Kier molecular flexibility index (Phi) is 5.02. The summed E-state index contributed by atoms with van der Waals surface area (Å²) in [5.74, 6) is -0.0536. The van der Waals surface area contributed by atoms with Crippen LogP contribution in [0.15, 0.2) is 59.5 Å². The smallest absolute Gasteiger partial charge is 0.328 e. The number of rotatable bonds is 5. The van der Waals surface area contributed by atoms with Gasteiger partial charge in [-0.3, -0.25) is 0 Å². The fraction of sp³-hybridized carbons (Fsp3) is 0.118. The van der Waals surface area contributed by atoms with E-state index in [1.807, 2.05) is 18.2 Å². The quantitative estimate of drug-likeness (QED) is 0.653. The number of hydrogen-bond donors (Lipinski definition) is 1. The van der Waals surface area contributed by atoms with Gasteiger partial charge in [0.05, 0.1) is 0 Å². The molecular weight excluding hydrogens is 268 g/mol. The summed E-state index contributed by atoms with van der Waals surface area (Å²) in [6.07, 6.45) is 2.77. The van der Waals surface area contributed by atoms with Crippen LogP contribution >= 0.6 is 11.8 Å². The maximum atomic E-state index is 10.5. The zero-order valence-electron chi connectivity index (χ0n) is 11.2. The van der Waals surface area contributed by atoms with Crippen molar-refractivity contribution in [2.45, 2.75) is 17.6 Å². The summed E-state index contributed by atoms with van der Waals surface area (Å²) < 4.78 is 0. The monoisotopic (exact) mass is 284 g/mol. The van der Waals surface area contributed by atoms with E-state index in [0.29, 0.717) is 0 Å². The van der Waals surface area contributed by atoms with Crippen molar-refractivity contribution in [2.24, 2.45) is 0 Å². The maximum absolute atomic E-state index is 10.5. The Morgan fingerprint density at radius 1 is 1.20 bits per heavy atom. The molecule has 1 N–H and O–H groups in total. The molecule has 0 unspecified atom stereocenters. The highest BCUT2D eigenvalue weighted by Crippen LogP contribution is 2.23. The van der Waals surface area contributed by atoms with Gasteiger partial charge in [0.1, 0.15) is 0 Å². The van der Waals surface area contributed by atoms with E-state index in [-0.39, 0.29) is 0 Å². The number of aliphatic carboxylic acids is 1. The van der Waals surface area contributed by atoms with Crippen molar-refractivity contribution < 1.29 is 9.90 Å². The molecule has 2 nitrogen and oxygen atoms in total. The van der Waals surface area contributed by atoms with Crippen LogP contribution in [0.25, 0.3) is 6.08 Å². The summed E-state index contributed by atoms with van der Waals surface area (Å²) in [4.78, 5) is 11.7. The first-order chi connectivity index (χ1) is 9.63. The molecule has 0 atom stereocenters. The topological polar surface area (TPSA) is 37.3 Å². The number of aryl methyl sites for hydroxylation is 1. The van der Waals surface area contributed by atoms with Crippen LogP contribution in [0.1, 0.15) is 16.7 Å². The molecule has 0 fully saturated rings. The normalized spacial score (nSPS) is 10.8. The van der Waals surface area contributed by atoms with E-state index in [1.54, 1.807) is 17.8 Å². The number of hydrogen-bond acceptors (Lipinski definition) is 2. The van der Waals surface area contributed by atoms with E-state index in [9.17, 15) is 4.79 Å². The van der Waals surface area contributed by atoms with Gasteiger partial charge in [-0.2, -0.15) is 0 Å². The molecule has 0 amide bonds. The fourth-order valence-electron chi connectivity index (χ4n) is 1.76. The van der Waals surface area contributed by atoms with Gasteiger partial charge in [0, 0.05) is 16.7 Å². The Morgan fingerprint density at radius 2 is 1.95 bits per heavy atom. The zero-order chi connectivity index (χ0) is 14.4. The SMILES string of the molecule is Cc1ccc(SCc2cccc(C=CC(=O)O)c2)cc1. The number of carboxylic acid groups (broad SMARTS) is 1. The molecule has 20 heavy (non-hydrogen) atoms. The largest absolute Gasteiger partial charge is 0.478 e. The zero-order valence-corrected chi connectivity index (χ0v) is 12.1. The molecule has 2 aromatic rings. The number of benzene rings is 2. The van der Waals surface area contributed by atoms with E-state index in [1.165, 1.54) is 16.0 Å². The first-order valence-electron chi connectivity index (χ1n) is 6.33. The lowest BCUT2D eigenvalue weighted by Gasteiger charge is -2.04. The lowest BCUT2D eigenvalue weighted by molar-refractivity contribution is -0.131. The second-order valence-electron chi connectivity index (χ2n) is 4.52. The van der Waals surface area contributed by atoms with Crippen molar-refractivity contribution in [2.75, 3.05) is 0 Å². The number of carboxylic acids is 1. The van der Waals surface area contributed by atoms with E-state index in [0.717, 1.165) is 17.4 Å². The molecule has 0 heterocycles. The third kappa shape index (κ3) is 4.59. The molecule has 0 bridgehead atoms. The van der Waals surface area contributed by atoms with Crippen molar-refractivity contribution in [3.8, 4) is 0 Å². The minimum atomic E-state index is -0.926. The van der Waals surface area contributed by atoms with Gasteiger partial charge in [-0.05, 0) is 36.3 Å². The minimum Gasteiger partial charge on any atom is -0.478 e. The average molecular weight is 284 g/mol. The van der Waals surface area contributed by atoms with Crippen molar-refractivity contribution >= 4 is 23.8 Å². The van der Waals surface area contributed by atoms with Gasteiger partial charge in [-0.1, -0.05) is 42.0 Å². The van der Waals surface area contributed by atoms with Crippen LogP contribution < -0.4 is 0 Å².